The molecule has 1 aromatic heterocycles. The number of likely N-dealkylation sites (N-methyl/N-ethyl adjacent to an activating group) is 1. The van der Waals surface area contributed by atoms with Gasteiger partial charge in [0.1, 0.15) is 0 Å². The van der Waals surface area contributed by atoms with Crippen molar-refractivity contribution in [1.29, 1.82) is 0 Å². The van der Waals surface area contributed by atoms with E-state index in [4.69, 9.17) is 9.26 Å². The van der Waals surface area contributed by atoms with Crippen LogP contribution in [0.2, 0.25) is 0 Å². The van der Waals surface area contributed by atoms with E-state index in [-0.39, 0.29) is 0 Å². The average molecular weight is 282 g/mol. The van der Waals surface area contributed by atoms with E-state index in [1.165, 1.54) is 32.1 Å². The lowest BCUT2D eigenvalue weighted by molar-refractivity contribution is 0.0403. The molecule has 1 fully saturated rings. The first-order chi connectivity index (χ1) is 9.69. The summed E-state index contributed by atoms with van der Waals surface area (Å²) in [4.78, 5) is 2.02. The second kappa shape index (κ2) is 7.76. The number of ether oxygens (including phenoxy) is 1. The Kier molecular flexibility index (Phi) is 6.01. The van der Waals surface area contributed by atoms with E-state index in [0.717, 1.165) is 11.5 Å². The fourth-order valence-electron chi connectivity index (χ4n) is 2.93. The second-order valence-corrected chi connectivity index (χ2v) is 5.86. The average Bonchev–Trinajstić information content (AvgIpc) is 2.88. The summed E-state index contributed by atoms with van der Waals surface area (Å²) in [6.07, 6.45) is 5.95. The van der Waals surface area contributed by atoms with Crippen molar-refractivity contribution in [3.63, 3.8) is 0 Å². The van der Waals surface area contributed by atoms with Crippen LogP contribution in [0.15, 0.2) is 10.6 Å². The molecule has 0 aliphatic heterocycles. The van der Waals surface area contributed by atoms with Gasteiger partial charge in [0.2, 0.25) is 0 Å². The summed E-state index contributed by atoms with van der Waals surface area (Å²) >= 11 is 0. The van der Waals surface area contributed by atoms with Crippen molar-refractivity contribution < 1.29 is 14.4 Å². The summed E-state index contributed by atoms with van der Waals surface area (Å²) < 4.78 is 10.4. The largest absolute Gasteiger partial charge is 0.389 e. The zero-order chi connectivity index (χ0) is 14.4. The van der Waals surface area contributed by atoms with Gasteiger partial charge in [0, 0.05) is 25.6 Å². The quantitative estimate of drug-likeness (QED) is 0.830. The first-order valence-corrected chi connectivity index (χ1v) is 7.50. The lowest BCUT2D eigenvalue weighted by atomic mass is 9.87. The van der Waals surface area contributed by atoms with Crippen LogP contribution in [0, 0.1) is 0 Å². The van der Waals surface area contributed by atoms with Gasteiger partial charge in [0.15, 0.2) is 5.76 Å². The molecule has 2 rings (SSSR count). The van der Waals surface area contributed by atoms with Gasteiger partial charge in [0.05, 0.1) is 24.9 Å². The van der Waals surface area contributed by atoms with Crippen LogP contribution >= 0.6 is 0 Å². The molecule has 0 bridgehead atoms. The van der Waals surface area contributed by atoms with Gasteiger partial charge in [-0.3, -0.25) is 4.90 Å². The molecule has 1 aromatic rings. The van der Waals surface area contributed by atoms with Crippen molar-refractivity contribution in [1.82, 2.24) is 10.1 Å². The van der Waals surface area contributed by atoms with Gasteiger partial charge < -0.3 is 14.4 Å². The van der Waals surface area contributed by atoms with E-state index < -0.39 is 6.10 Å². The highest BCUT2D eigenvalue weighted by atomic mass is 16.5. The zero-order valence-electron chi connectivity index (χ0n) is 12.5. The molecule has 5 nitrogen and oxygen atoms in total. The Hall–Kier alpha value is -0.910. The molecule has 114 valence electrons. The van der Waals surface area contributed by atoms with Crippen molar-refractivity contribution in [2.24, 2.45) is 0 Å². The van der Waals surface area contributed by atoms with Crippen LogP contribution in [0.1, 0.15) is 49.5 Å². The Morgan fingerprint density at radius 2 is 2.20 bits per heavy atom. The van der Waals surface area contributed by atoms with Crippen LogP contribution in [0.5, 0.6) is 0 Å². The Labute approximate surface area is 120 Å². The number of hydrogen-bond donors (Lipinski definition) is 1. The minimum Gasteiger partial charge on any atom is -0.389 e. The second-order valence-electron chi connectivity index (χ2n) is 5.86. The van der Waals surface area contributed by atoms with Gasteiger partial charge in [-0.1, -0.05) is 24.4 Å². The smallest absolute Gasteiger partial charge is 0.150 e. The summed E-state index contributed by atoms with van der Waals surface area (Å²) in [5, 5.41) is 13.9. The third kappa shape index (κ3) is 4.58. The molecule has 1 aliphatic carbocycles. The van der Waals surface area contributed by atoms with Crippen molar-refractivity contribution in [3.05, 3.63) is 17.5 Å². The Balaban J connectivity index is 1.82. The van der Waals surface area contributed by atoms with Gasteiger partial charge in [-0.05, 0) is 19.9 Å². The van der Waals surface area contributed by atoms with Gasteiger partial charge in [-0.2, -0.15) is 0 Å². The first-order valence-electron chi connectivity index (χ1n) is 7.50. The fraction of sp³-hybridized carbons (Fsp3) is 0.800. The predicted molar refractivity (Wildman–Crippen MR) is 76.5 cm³/mol. The van der Waals surface area contributed by atoms with Crippen molar-refractivity contribution in [3.8, 4) is 0 Å². The molecule has 0 amide bonds. The Bertz CT molecular complexity index is 388. The highest BCUT2D eigenvalue weighted by Gasteiger charge is 2.20. The van der Waals surface area contributed by atoms with E-state index in [1.54, 1.807) is 7.11 Å². The number of aromatic nitrogens is 1. The highest BCUT2D eigenvalue weighted by molar-refractivity contribution is 5.11. The minimum atomic E-state index is -0.467. The zero-order valence-corrected chi connectivity index (χ0v) is 12.5. The normalized spacial score (nSPS) is 18.6. The standard InChI is InChI=1S/C15H26N2O3/c1-17(9-13(18)11-19-2)10-14-8-15(16-20-14)12-6-4-3-5-7-12/h8,12-13,18H,3-7,9-11H2,1-2H3. The SMILES string of the molecule is COCC(O)CN(C)Cc1cc(C2CCCCC2)no1. The number of hydrogen-bond acceptors (Lipinski definition) is 5. The molecule has 20 heavy (non-hydrogen) atoms. The van der Waals surface area contributed by atoms with Crippen molar-refractivity contribution in [2.75, 3.05) is 27.3 Å². The lowest BCUT2D eigenvalue weighted by Crippen LogP contribution is -2.31. The van der Waals surface area contributed by atoms with Gasteiger partial charge in [-0.25, -0.2) is 0 Å². The van der Waals surface area contributed by atoms with E-state index in [9.17, 15) is 5.11 Å². The highest BCUT2D eigenvalue weighted by Crippen LogP contribution is 2.32. The molecule has 1 N–H and O–H groups in total. The summed E-state index contributed by atoms with van der Waals surface area (Å²) in [6.45, 7) is 1.59. The third-order valence-electron chi connectivity index (χ3n) is 3.91. The molecular formula is C15H26N2O3. The molecule has 5 heteroatoms. The maximum absolute atomic E-state index is 9.69. The molecule has 0 spiro atoms. The molecule has 0 radical (unpaired) electrons. The van der Waals surface area contributed by atoms with Crippen LogP contribution in [-0.2, 0) is 11.3 Å². The van der Waals surface area contributed by atoms with Crippen LogP contribution in [0.4, 0.5) is 0 Å². The van der Waals surface area contributed by atoms with Crippen molar-refractivity contribution >= 4 is 0 Å². The summed E-state index contributed by atoms with van der Waals surface area (Å²) in [5.41, 5.74) is 1.10. The molecule has 1 saturated carbocycles. The number of rotatable bonds is 7. The predicted octanol–water partition coefficient (Wildman–Crippen LogP) is 2.16. The van der Waals surface area contributed by atoms with E-state index in [1.807, 2.05) is 11.9 Å². The van der Waals surface area contributed by atoms with Gasteiger partial charge in [-0.15, -0.1) is 0 Å². The van der Waals surface area contributed by atoms with Gasteiger partial charge >= 0.3 is 0 Å². The number of methoxy groups -OCH3 is 1. The molecule has 0 aromatic carbocycles. The van der Waals surface area contributed by atoms with E-state index >= 15 is 0 Å². The number of nitrogens with zero attached hydrogens (tertiary/aromatic N) is 2. The molecule has 1 unspecified atom stereocenters. The fourth-order valence-corrected chi connectivity index (χ4v) is 2.93. The molecule has 1 aliphatic rings. The van der Waals surface area contributed by atoms with Crippen LogP contribution in [-0.4, -0.2) is 48.6 Å². The van der Waals surface area contributed by atoms with Crippen LogP contribution in [0.25, 0.3) is 0 Å². The number of aliphatic hydroxyl groups excluding tert-OH is 1. The molecule has 0 saturated heterocycles. The summed E-state index contributed by atoms with van der Waals surface area (Å²) in [5.74, 6) is 1.45. The summed E-state index contributed by atoms with van der Waals surface area (Å²) in [7, 11) is 3.55. The molecule has 1 heterocycles. The Morgan fingerprint density at radius 3 is 2.90 bits per heavy atom. The molecule has 1 atom stereocenters. The van der Waals surface area contributed by atoms with Crippen LogP contribution in [0.3, 0.4) is 0 Å². The molecular weight excluding hydrogens is 256 g/mol. The maximum Gasteiger partial charge on any atom is 0.150 e. The first kappa shape index (κ1) is 15.5. The minimum absolute atomic E-state index is 0.355. The van der Waals surface area contributed by atoms with Crippen LogP contribution < -0.4 is 0 Å². The lowest BCUT2D eigenvalue weighted by Gasteiger charge is -2.19. The van der Waals surface area contributed by atoms with E-state index in [2.05, 4.69) is 11.2 Å². The topological polar surface area (TPSA) is 58.7 Å². The monoisotopic (exact) mass is 282 g/mol. The third-order valence-corrected chi connectivity index (χ3v) is 3.91. The van der Waals surface area contributed by atoms with Gasteiger partial charge in [0.25, 0.3) is 0 Å². The van der Waals surface area contributed by atoms with E-state index in [0.29, 0.717) is 25.6 Å². The maximum atomic E-state index is 9.69. The Morgan fingerprint density at radius 1 is 1.45 bits per heavy atom. The van der Waals surface area contributed by atoms with Crippen molar-refractivity contribution in [2.45, 2.75) is 50.7 Å². The summed E-state index contributed by atoms with van der Waals surface area (Å²) in [6, 6.07) is 2.08. The number of aliphatic hydroxyl groups is 1.